The number of nitrogens with one attached hydrogen (secondary N) is 2. The summed E-state index contributed by atoms with van der Waals surface area (Å²) in [7, 11) is 0. The number of hydrogen-bond acceptors (Lipinski definition) is 3. The molecule has 0 saturated carbocycles. The topological polar surface area (TPSA) is 62.2 Å². The zero-order chi connectivity index (χ0) is 27.7. The number of halogens is 1. The molecular formula is C31H32ClN5OS. The van der Waals surface area contributed by atoms with E-state index < -0.39 is 0 Å². The molecule has 1 aliphatic rings. The Bertz CT molecular complexity index is 1500. The first-order valence-corrected chi connectivity index (χ1v) is 13.8. The fourth-order valence-electron chi connectivity index (χ4n) is 5.12. The maximum absolute atomic E-state index is 12.3. The number of amides is 1. The summed E-state index contributed by atoms with van der Waals surface area (Å²) >= 11 is 12.6. The Hall–Kier alpha value is -3.68. The molecule has 1 aliphatic heterocycles. The molecule has 5 rings (SSSR count). The van der Waals surface area contributed by atoms with E-state index in [0.29, 0.717) is 15.8 Å². The number of aryl methyl sites for hydroxylation is 1. The van der Waals surface area contributed by atoms with Gasteiger partial charge in [-0.15, -0.1) is 0 Å². The van der Waals surface area contributed by atoms with Crippen molar-refractivity contribution in [1.82, 2.24) is 14.9 Å². The second-order valence-corrected chi connectivity index (χ2v) is 11.0. The van der Waals surface area contributed by atoms with E-state index in [-0.39, 0.29) is 23.9 Å². The predicted molar refractivity (Wildman–Crippen MR) is 162 cm³/mol. The molecule has 2 atom stereocenters. The van der Waals surface area contributed by atoms with E-state index in [1.54, 1.807) is 0 Å². The van der Waals surface area contributed by atoms with E-state index >= 15 is 0 Å². The first kappa shape index (κ1) is 26.9. The van der Waals surface area contributed by atoms with Gasteiger partial charge in [0.2, 0.25) is 5.91 Å². The van der Waals surface area contributed by atoms with Crippen LogP contribution < -0.4 is 15.5 Å². The number of aromatic nitrogens is 2. The van der Waals surface area contributed by atoms with Crippen LogP contribution in [0.25, 0.3) is 0 Å². The van der Waals surface area contributed by atoms with Crippen LogP contribution in [0, 0.1) is 19.8 Å². The average molecular weight is 558 g/mol. The van der Waals surface area contributed by atoms with Crippen LogP contribution in [-0.2, 0) is 11.3 Å². The molecule has 4 aromatic rings. The molecule has 2 aromatic carbocycles. The molecule has 1 saturated heterocycles. The molecule has 0 bridgehead atoms. The molecule has 0 unspecified atom stereocenters. The number of rotatable bonds is 7. The molecular weight excluding hydrogens is 526 g/mol. The normalized spacial score (nSPS) is 17.0. The van der Waals surface area contributed by atoms with E-state index in [9.17, 15) is 4.79 Å². The fraction of sp³-hybridized carbons (Fsp3) is 0.258. The van der Waals surface area contributed by atoms with Gasteiger partial charge in [0.05, 0.1) is 28.5 Å². The lowest BCUT2D eigenvalue weighted by Crippen LogP contribution is -2.29. The zero-order valence-electron chi connectivity index (χ0n) is 22.5. The SMILES string of the molecule is Cc1cc([C@H]2[C@H](c3ccccn3)NC(=S)N2c2ccc(NC(=O)C(C)C)c(Cl)c2)c(C)n1Cc1ccccc1. The van der Waals surface area contributed by atoms with Crippen molar-refractivity contribution in [1.29, 1.82) is 0 Å². The maximum atomic E-state index is 12.3. The summed E-state index contributed by atoms with van der Waals surface area (Å²) in [6, 6.07) is 24.0. The minimum Gasteiger partial charge on any atom is -0.351 e. The largest absolute Gasteiger partial charge is 0.351 e. The number of carbonyl (C=O) groups excluding carboxylic acids is 1. The third-order valence-corrected chi connectivity index (χ3v) is 7.85. The zero-order valence-corrected chi connectivity index (χ0v) is 24.1. The van der Waals surface area contributed by atoms with Crippen molar-refractivity contribution in [3.05, 3.63) is 112 Å². The van der Waals surface area contributed by atoms with Gasteiger partial charge in [0.25, 0.3) is 0 Å². The molecule has 200 valence electrons. The van der Waals surface area contributed by atoms with Crippen molar-refractivity contribution in [2.75, 3.05) is 10.2 Å². The van der Waals surface area contributed by atoms with E-state index in [0.717, 1.165) is 17.9 Å². The van der Waals surface area contributed by atoms with Crippen molar-refractivity contribution in [3.8, 4) is 0 Å². The van der Waals surface area contributed by atoms with Crippen LogP contribution in [0.5, 0.6) is 0 Å². The number of hydrogen-bond donors (Lipinski definition) is 2. The molecule has 8 heteroatoms. The molecule has 0 radical (unpaired) electrons. The van der Waals surface area contributed by atoms with Gasteiger partial charge in [-0.05, 0) is 73.6 Å². The Kier molecular flexibility index (Phi) is 7.73. The highest BCUT2D eigenvalue weighted by atomic mass is 35.5. The first-order chi connectivity index (χ1) is 18.7. The van der Waals surface area contributed by atoms with E-state index in [1.165, 1.54) is 22.5 Å². The second-order valence-electron chi connectivity index (χ2n) is 10.2. The van der Waals surface area contributed by atoms with Crippen LogP contribution in [0.4, 0.5) is 11.4 Å². The van der Waals surface area contributed by atoms with Crippen LogP contribution in [0.3, 0.4) is 0 Å². The van der Waals surface area contributed by atoms with Crippen molar-refractivity contribution in [2.24, 2.45) is 5.92 Å². The quantitative estimate of drug-likeness (QED) is 0.240. The van der Waals surface area contributed by atoms with Crippen LogP contribution in [-0.4, -0.2) is 20.6 Å². The summed E-state index contributed by atoms with van der Waals surface area (Å²) in [5, 5.41) is 7.49. The van der Waals surface area contributed by atoms with E-state index in [1.807, 2.05) is 62.5 Å². The average Bonchev–Trinajstić information content (AvgIpc) is 3.41. The number of pyridine rings is 1. The third-order valence-electron chi connectivity index (χ3n) is 7.23. The van der Waals surface area contributed by atoms with Gasteiger partial charge in [-0.3, -0.25) is 9.78 Å². The summed E-state index contributed by atoms with van der Waals surface area (Å²) in [6.07, 6.45) is 1.81. The molecule has 2 aromatic heterocycles. The Morgan fingerprint density at radius 3 is 2.49 bits per heavy atom. The predicted octanol–water partition coefficient (Wildman–Crippen LogP) is 6.97. The summed E-state index contributed by atoms with van der Waals surface area (Å²) in [6.45, 7) is 8.79. The summed E-state index contributed by atoms with van der Waals surface area (Å²) in [5.41, 5.74) is 7.09. The van der Waals surface area contributed by atoms with Gasteiger partial charge < -0.3 is 20.1 Å². The lowest BCUT2D eigenvalue weighted by Gasteiger charge is -2.28. The molecule has 0 spiro atoms. The summed E-state index contributed by atoms with van der Waals surface area (Å²) < 4.78 is 2.34. The van der Waals surface area contributed by atoms with Gasteiger partial charge >= 0.3 is 0 Å². The van der Waals surface area contributed by atoms with E-state index in [4.69, 9.17) is 23.8 Å². The summed E-state index contributed by atoms with van der Waals surface area (Å²) in [5.74, 6) is -0.229. The Balaban J connectivity index is 1.57. The Morgan fingerprint density at radius 1 is 1.08 bits per heavy atom. The molecule has 3 heterocycles. The first-order valence-electron chi connectivity index (χ1n) is 13.1. The Labute approximate surface area is 240 Å². The van der Waals surface area contributed by atoms with Gasteiger partial charge in [-0.25, -0.2) is 0 Å². The van der Waals surface area contributed by atoms with E-state index in [2.05, 4.69) is 69.3 Å². The minimum atomic E-state index is -0.163. The lowest BCUT2D eigenvalue weighted by molar-refractivity contribution is -0.118. The Morgan fingerprint density at radius 2 is 1.82 bits per heavy atom. The van der Waals surface area contributed by atoms with Crippen LogP contribution in [0.15, 0.2) is 79.0 Å². The number of anilines is 2. The minimum absolute atomic E-state index is 0.0815. The van der Waals surface area contributed by atoms with Crippen molar-refractivity contribution in [3.63, 3.8) is 0 Å². The lowest BCUT2D eigenvalue weighted by atomic mass is 9.96. The third kappa shape index (κ3) is 5.42. The maximum Gasteiger partial charge on any atom is 0.226 e. The number of thiocarbonyl (C=S) groups is 1. The summed E-state index contributed by atoms with van der Waals surface area (Å²) in [4.78, 5) is 19.1. The van der Waals surface area contributed by atoms with Gasteiger partial charge in [-0.2, -0.15) is 0 Å². The van der Waals surface area contributed by atoms with Crippen LogP contribution >= 0.6 is 23.8 Å². The molecule has 2 N–H and O–H groups in total. The van der Waals surface area contributed by atoms with Crippen LogP contribution in [0.2, 0.25) is 5.02 Å². The molecule has 1 amide bonds. The standard InChI is InChI=1S/C31H32ClN5OS/c1-19(2)30(38)34-26-14-13-23(17-25(26)32)37-29(28(35-31(37)39)27-12-8-9-15-33-27)24-16-20(3)36(21(24)4)18-22-10-6-5-7-11-22/h5-17,19,28-29H,18H2,1-4H3,(H,34,38)(H,35,39)/t28-,29-/m0/s1. The van der Waals surface area contributed by atoms with Gasteiger partial charge in [0.1, 0.15) is 0 Å². The monoisotopic (exact) mass is 557 g/mol. The van der Waals surface area contributed by atoms with Crippen LogP contribution in [0.1, 0.15) is 54.1 Å². The highest BCUT2D eigenvalue weighted by Gasteiger charge is 2.42. The smallest absolute Gasteiger partial charge is 0.226 e. The molecule has 1 fully saturated rings. The highest BCUT2D eigenvalue weighted by molar-refractivity contribution is 7.80. The molecule has 0 aliphatic carbocycles. The second kappa shape index (κ2) is 11.2. The van der Waals surface area contributed by atoms with Gasteiger partial charge in [-0.1, -0.05) is 61.8 Å². The van der Waals surface area contributed by atoms with Crippen molar-refractivity contribution in [2.45, 2.75) is 46.3 Å². The number of carbonyl (C=O) groups is 1. The van der Waals surface area contributed by atoms with Gasteiger partial charge in [0, 0.05) is 35.7 Å². The fourth-order valence-corrected chi connectivity index (χ4v) is 5.69. The van der Waals surface area contributed by atoms with Crippen molar-refractivity contribution >= 4 is 46.2 Å². The van der Waals surface area contributed by atoms with Gasteiger partial charge in [0.15, 0.2) is 5.11 Å². The molecule has 39 heavy (non-hydrogen) atoms. The molecule has 6 nitrogen and oxygen atoms in total. The number of benzene rings is 2. The van der Waals surface area contributed by atoms with Crippen molar-refractivity contribution < 1.29 is 4.79 Å². The number of nitrogens with zero attached hydrogens (tertiary/aromatic N) is 3. The highest BCUT2D eigenvalue weighted by Crippen LogP contribution is 2.44.